The highest BCUT2D eigenvalue weighted by Crippen LogP contribution is 2.62. The van der Waals surface area contributed by atoms with Gasteiger partial charge in [0.15, 0.2) is 0 Å². The molecule has 9 aromatic rings. The molecule has 0 radical (unpaired) electrons. The van der Waals surface area contributed by atoms with Gasteiger partial charge in [-0.05, 0) is 126 Å². The Morgan fingerprint density at radius 3 is 1.36 bits per heavy atom. The summed E-state index contributed by atoms with van der Waals surface area (Å²) in [5, 5.41) is 0. The van der Waals surface area contributed by atoms with Gasteiger partial charge in [-0.1, -0.05) is 190 Å². The van der Waals surface area contributed by atoms with Crippen LogP contribution in [0.4, 0.5) is 17.1 Å². The number of fused-ring (bicyclic) bond motifs is 9. The molecule has 0 bridgehead atoms. The summed E-state index contributed by atoms with van der Waals surface area (Å²) >= 11 is 0. The Hall–Kier alpha value is -7.22. The quantitative estimate of drug-likeness (QED) is 0.163. The first-order chi connectivity index (χ1) is 29.0. The van der Waals surface area contributed by atoms with Crippen LogP contribution in [0.1, 0.15) is 47.2 Å². The van der Waals surface area contributed by atoms with Crippen LogP contribution < -0.4 is 4.90 Å². The minimum Gasteiger partial charge on any atom is -0.310 e. The third-order valence-electron chi connectivity index (χ3n) is 12.9. The van der Waals surface area contributed by atoms with Crippen molar-refractivity contribution in [1.82, 2.24) is 0 Å². The predicted octanol–water partition coefficient (Wildman–Crippen LogP) is 15.2. The highest BCUT2D eigenvalue weighted by molar-refractivity contribution is 5.89. The highest BCUT2D eigenvalue weighted by Gasteiger charge is 2.53. The lowest BCUT2D eigenvalue weighted by atomic mass is 9.55. The summed E-state index contributed by atoms with van der Waals surface area (Å²) in [6.45, 7) is 4.79. The third-order valence-corrected chi connectivity index (χ3v) is 12.9. The van der Waals surface area contributed by atoms with Crippen molar-refractivity contribution in [3.63, 3.8) is 0 Å². The summed E-state index contributed by atoms with van der Waals surface area (Å²) < 4.78 is 0. The topological polar surface area (TPSA) is 3.24 Å². The van der Waals surface area contributed by atoms with Crippen molar-refractivity contribution in [2.24, 2.45) is 0 Å². The monoisotopic (exact) mass is 753 g/mol. The molecule has 0 saturated heterocycles. The van der Waals surface area contributed by atoms with Gasteiger partial charge in [0.25, 0.3) is 0 Å². The van der Waals surface area contributed by atoms with Crippen molar-refractivity contribution in [3.05, 3.63) is 258 Å². The number of rotatable bonds is 6. The molecule has 0 N–H and O–H groups in total. The number of anilines is 3. The van der Waals surface area contributed by atoms with Gasteiger partial charge in [0.1, 0.15) is 0 Å². The zero-order valence-corrected chi connectivity index (χ0v) is 33.3. The fraction of sp³-hybridized carbons (Fsp3) is 0.0690. The van der Waals surface area contributed by atoms with Crippen LogP contribution in [0.25, 0.3) is 44.5 Å². The normalized spacial score (nSPS) is 13.9. The van der Waals surface area contributed by atoms with Crippen LogP contribution in [0.15, 0.2) is 224 Å². The van der Waals surface area contributed by atoms with E-state index in [1.165, 1.54) is 77.9 Å². The number of hydrogen-bond donors (Lipinski definition) is 0. The molecule has 280 valence electrons. The van der Waals surface area contributed by atoms with E-state index in [9.17, 15) is 0 Å². The molecule has 1 spiro atoms. The summed E-state index contributed by atoms with van der Waals surface area (Å²) in [5.74, 6) is 0. The fourth-order valence-corrected chi connectivity index (χ4v) is 10.2. The molecule has 9 aromatic carbocycles. The summed E-state index contributed by atoms with van der Waals surface area (Å²) in [6.07, 6.45) is 0. The van der Waals surface area contributed by atoms with E-state index >= 15 is 0 Å². The second kappa shape index (κ2) is 13.7. The molecule has 0 atom stereocenters. The molecule has 0 aliphatic heterocycles. The van der Waals surface area contributed by atoms with Crippen molar-refractivity contribution in [1.29, 1.82) is 0 Å². The molecule has 59 heavy (non-hydrogen) atoms. The van der Waals surface area contributed by atoms with Gasteiger partial charge < -0.3 is 4.90 Å². The smallest absolute Gasteiger partial charge is 0.0719 e. The van der Waals surface area contributed by atoms with E-state index in [2.05, 4.69) is 243 Å². The van der Waals surface area contributed by atoms with E-state index in [0.717, 1.165) is 17.1 Å². The molecule has 0 fully saturated rings. The Morgan fingerprint density at radius 1 is 0.271 bits per heavy atom. The van der Waals surface area contributed by atoms with Gasteiger partial charge >= 0.3 is 0 Å². The van der Waals surface area contributed by atoms with Gasteiger partial charge in [0, 0.05) is 22.5 Å². The maximum Gasteiger partial charge on any atom is 0.0719 e. The van der Waals surface area contributed by atoms with Crippen molar-refractivity contribution < 1.29 is 0 Å². The molecular weight excluding hydrogens is 711 g/mol. The maximum absolute atomic E-state index is 2.51. The Balaban J connectivity index is 1.04. The molecular formula is C58H43N. The molecule has 0 saturated carbocycles. The average Bonchev–Trinajstić information content (AvgIpc) is 3.60. The molecule has 2 aliphatic carbocycles. The third kappa shape index (κ3) is 5.46. The van der Waals surface area contributed by atoms with E-state index in [1.807, 2.05) is 0 Å². The Labute approximate surface area is 347 Å². The lowest BCUT2D eigenvalue weighted by Crippen LogP contribution is -2.40. The number of nitrogens with zero attached hydrogens (tertiary/aromatic N) is 1. The van der Waals surface area contributed by atoms with Gasteiger partial charge in [0.05, 0.1) is 5.41 Å². The van der Waals surface area contributed by atoms with E-state index in [4.69, 9.17) is 0 Å². The molecule has 1 nitrogen and oxygen atoms in total. The van der Waals surface area contributed by atoms with Gasteiger partial charge in [-0.2, -0.15) is 0 Å². The minimum atomic E-state index is -0.430. The molecule has 2 aliphatic rings. The van der Waals surface area contributed by atoms with Crippen molar-refractivity contribution in [2.45, 2.75) is 24.7 Å². The van der Waals surface area contributed by atoms with Crippen LogP contribution in [-0.4, -0.2) is 0 Å². The van der Waals surface area contributed by atoms with Crippen LogP contribution >= 0.6 is 0 Å². The molecule has 11 rings (SSSR count). The maximum atomic E-state index is 2.51. The van der Waals surface area contributed by atoms with Gasteiger partial charge in [0.2, 0.25) is 0 Å². The van der Waals surface area contributed by atoms with Crippen LogP contribution in [0, 0.1) is 0 Å². The highest BCUT2D eigenvalue weighted by atomic mass is 15.1. The predicted molar refractivity (Wildman–Crippen MR) is 247 cm³/mol. The SMILES string of the molecule is CC1(C)c2ccccc2C2(c3ccccc3-c3ccccc32)c2cc(-c3cccc(N(c4ccccc4)c4ccc(-c5cccc(-c6ccccc6)c5)cc4)c3)ccc21. The lowest BCUT2D eigenvalue weighted by molar-refractivity contribution is 0.563. The Kier molecular flexibility index (Phi) is 8.13. The first kappa shape index (κ1) is 35.0. The van der Waals surface area contributed by atoms with E-state index in [0.29, 0.717) is 0 Å². The molecule has 0 unspecified atom stereocenters. The fourth-order valence-electron chi connectivity index (χ4n) is 10.2. The average molecular weight is 754 g/mol. The van der Waals surface area contributed by atoms with E-state index in [-0.39, 0.29) is 5.41 Å². The van der Waals surface area contributed by atoms with Gasteiger partial charge in [-0.3, -0.25) is 0 Å². The lowest BCUT2D eigenvalue weighted by Gasteiger charge is -2.47. The van der Waals surface area contributed by atoms with Crippen LogP contribution in [0.2, 0.25) is 0 Å². The summed E-state index contributed by atoms with van der Waals surface area (Å²) in [5.41, 5.74) is 20.9. The van der Waals surface area contributed by atoms with Crippen LogP contribution in [0.5, 0.6) is 0 Å². The molecule has 1 heteroatoms. The summed E-state index contributed by atoms with van der Waals surface area (Å²) in [7, 11) is 0. The second-order valence-electron chi connectivity index (χ2n) is 16.5. The Morgan fingerprint density at radius 2 is 0.695 bits per heavy atom. The van der Waals surface area contributed by atoms with E-state index in [1.54, 1.807) is 0 Å². The van der Waals surface area contributed by atoms with Crippen molar-refractivity contribution in [2.75, 3.05) is 4.90 Å². The van der Waals surface area contributed by atoms with Crippen LogP contribution in [-0.2, 0) is 10.8 Å². The number of para-hydroxylation sites is 1. The molecule has 0 amide bonds. The standard InChI is InChI=1S/C58H43N/c1-57(2)53-29-13-14-30-55(53)58(51-27-11-9-25-49(51)50-26-10-12-28-52(50)58)56-39-45(33-36-54(56)57)44-21-16-24-48(38-44)59(46-22-7-4-8-23-46)47-34-31-41(32-35-47)43-20-15-19-42(37-43)40-17-5-3-6-18-40/h3-39H,1-2H3. The molecule has 0 aromatic heterocycles. The van der Waals surface area contributed by atoms with Crippen molar-refractivity contribution >= 4 is 17.1 Å². The van der Waals surface area contributed by atoms with E-state index < -0.39 is 5.41 Å². The first-order valence-electron chi connectivity index (χ1n) is 20.7. The van der Waals surface area contributed by atoms with Gasteiger partial charge in [-0.25, -0.2) is 0 Å². The van der Waals surface area contributed by atoms with Gasteiger partial charge in [-0.15, -0.1) is 0 Å². The first-order valence-corrected chi connectivity index (χ1v) is 20.7. The zero-order valence-electron chi connectivity index (χ0n) is 33.3. The number of hydrogen-bond acceptors (Lipinski definition) is 1. The summed E-state index contributed by atoms with van der Waals surface area (Å²) in [6, 6.07) is 82.8. The molecule has 0 heterocycles. The zero-order chi connectivity index (χ0) is 39.6. The largest absolute Gasteiger partial charge is 0.310 e. The number of benzene rings is 9. The minimum absolute atomic E-state index is 0.177. The van der Waals surface area contributed by atoms with Crippen LogP contribution in [0.3, 0.4) is 0 Å². The summed E-state index contributed by atoms with van der Waals surface area (Å²) in [4.78, 5) is 2.37. The Bertz CT molecular complexity index is 2970. The second-order valence-corrected chi connectivity index (χ2v) is 16.5. The van der Waals surface area contributed by atoms with Crippen molar-refractivity contribution in [3.8, 4) is 44.5 Å².